The molecule has 0 aliphatic carbocycles. The van der Waals surface area contributed by atoms with Gasteiger partial charge in [0.2, 0.25) is 0 Å². The maximum atomic E-state index is 12.6. The van der Waals surface area contributed by atoms with E-state index in [9.17, 15) is 27.9 Å². The number of carbonyl (C=O) groups excluding carboxylic acids is 2. The van der Waals surface area contributed by atoms with Crippen LogP contribution >= 0.6 is 0 Å². The molecular formula is C21H19F3N4O4. The molecule has 0 radical (unpaired) electrons. The summed E-state index contributed by atoms with van der Waals surface area (Å²) in [5, 5.41) is 14.8. The average Bonchev–Trinajstić information content (AvgIpc) is 3.18. The number of hydrogen-bond acceptors (Lipinski definition) is 6. The number of ether oxygens (including phenoxy) is 1. The van der Waals surface area contributed by atoms with E-state index < -0.39 is 30.0 Å². The Hall–Kier alpha value is -3.78. The minimum absolute atomic E-state index is 0.0241. The van der Waals surface area contributed by atoms with Crippen molar-refractivity contribution >= 4 is 23.3 Å². The van der Waals surface area contributed by atoms with Gasteiger partial charge >= 0.3 is 6.36 Å². The summed E-state index contributed by atoms with van der Waals surface area (Å²) in [5.74, 6) is 1.01. The number of pyridine rings is 1. The van der Waals surface area contributed by atoms with E-state index in [4.69, 9.17) is 6.42 Å². The van der Waals surface area contributed by atoms with E-state index in [0.29, 0.717) is 25.3 Å². The maximum absolute atomic E-state index is 12.6. The van der Waals surface area contributed by atoms with Gasteiger partial charge in [0.05, 0.1) is 23.8 Å². The number of alkyl halides is 3. The number of aliphatic hydroxyl groups excluding tert-OH is 1. The molecule has 0 spiro atoms. The van der Waals surface area contributed by atoms with Crippen LogP contribution < -0.4 is 20.3 Å². The molecule has 3 rings (SSSR count). The van der Waals surface area contributed by atoms with Crippen LogP contribution in [0.3, 0.4) is 0 Å². The fourth-order valence-electron chi connectivity index (χ4n) is 3.10. The van der Waals surface area contributed by atoms with Crippen LogP contribution in [0.2, 0.25) is 0 Å². The predicted molar refractivity (Wildman–Crippen MR) is 109 cm³/mol. The molecule has 2 aromatic rings. The number of amides is 2. The molecule has 0 bridgehead atoms. The number of halogens is 3. The number of benzene rings is 1. The number of nitrogens with zero attached hydrogens (tertiary/aromatic N) is 2. The van der Waals surface area contributed by atoms with Crippen molar-refractivity contribution in [3.05, 3.63) is 47.7 Å². The highest BCUT2D eigenvalue weighted by Gasteiger charge is 2.31. The SMILES string of the molecule is C#CCNC(=O)c1cc(C(=O)Nc2ccc(OC(F)(F)F)cc2)cnc1N1CC[C@@H](O)C1. The number of terminal acetylenes is 1. The van der Waals surface area contributed by atoms with E-state index in [2.05, 4.69) is 26.3 Å². The highest BCUT2D eigenvalue weighted by Crippen LogP contribution is 2.26. The largest absolute Gasteiger partial charge is 0.573 e. The molecular weight excluding hydrogens is 429 g/mol. The Kier molecular flexibility index (Phi) is 6.85. The molecule has 1 fully saturated rings. The Balaban J connectivity index is 1.80. The molecule has 0 unspecified atom stereocenters. The summed E-state index contributed by atoms with van der Waals surface area (Å²) in [7, 11) is 0. The molecule has 3 N–H and O–H groups in total. The second-order valence-corrected chi connectivity index (χ2v) is 6.90. The molecule has 1 aromatic heterocycles. The zero-order valence-corrected chi connectivity index (χ0v) is 16.6. The van der Waals surface area contributed by atoms with Crippen LogP contribution in [0.1, 0.15) is 27.1 Å². The van der Waals surface area contributed by atoms with Gasteiger partial charge in [-0.05, 0) is 36.8 Å². The van der Waals surface area contributed by atoms with Crippen LogP contribution in [0.15, 0.2) is 36.5 Å². The summed E-state index contributed by atoms with van der Waals surface area (Å²) in [5.41, 5.74) is 0.375. The molecule has 2 heterocycles. The van der Waals surface area contributed by atoms with Crippen molar-refractivity contribution in [3.63, 3.8) is 0 Å². The third-order valence-corrected chi connectivity index (χ3v) is 4.53. The summed E-state index contributed by atoms with van der Waals surface area (Å²) in [6, 6.07) is 5.94. The van der Waals surface area contributed by atoms with Crippen LogP contribution in [0.5, 0.6) is 5.75 Å². The molecule has 1 atom stereocenters. The quantitative estimate of drug-likeness (QED) is 0.586. The molecule has 168 valence electrons. The first-order chi connectivity index (χ1) is 15.2. The van der Waals surface area contributed by atoms with Crippen molar-refractivity contribution in [2.75, 3.05) is 29.9 Å². The number of aliphatic hydroxyl groups is 1. The van der Waals surface area contributed by atoms with Gasteiger partial charge in [-0.25, -0.2) is 4.98 Å². The van der Waals surface area contributed by atoms with Crippen molar-refractivity contribution in [2.45, 2.75) is 18.9 Å². The molecule has 1 aliphatic rings. The van der Waals surface area contributed by atoms with E-state index >= 15 is 0 Å². The van der Waals surface area contributed by atoms with Crippen LogP contribution in [0.25, 0.3) is 0 Å². The first-order valence-corrected chi connectivity index (χ1v) is 9.48. The summed E-state index contributed by atoms with van der Waals surface area (Å²) in [4.78, 5) is 31.2. The molecule has 0 saturated carbocycles. The van der Waals surface area contributed by atoms with Gasteiger partial charge in [-0.2, -0.15) is 0 Å². The van der Waals surface area contributed by atoms with Gasteiger partial charge in [-0.3, -0.25) is 9.59 Å². The van der Waals surface area contributed by atoms with Crippen LogP contribution in [0, 0.1) is 12.3 Å². The van der Waals surface area contributed by atoms with Crippen molar-refractivity contribution < 1.29 is 32.6 Å². The fraction of sp³-hybridized carbons (Fsp3) is 0.286. The number of β-amino-alcohol motifs (C(OH)–C–C–N with tert-alkyl or cyclic N) is 1. The topological polar surface area (TPSA) is 104 Å². The zero-order chi connectivity index (χ0) is 23.3. The Labute approximate surface area is 181 Å². The van der Waals surface area contributed by atoms with Gasteiger partial charge in [0.1, 0.15) is 11.6 Å². The van der Waals surface area contributed by atoms with Crippen molar-refractivity contribution in [2.24, 2.45) is 0 Å². The smallest absolute Gasteiger partial charge is 0.406 e. The lowest BCUT2D eigenvalue weighted by Gasteiger charge is -2.20. The highest BCUT2D eigenvalue weighted by molar-refractivity contribution is 6.07. The maximum Gasteiger partial charge on any atom is 0.573 e. The summed E-state index contributed by atoms with van der Waals surface area (Å²) < 4.78 is 40.6. The van der Waals surface area contributed by atoms with Crippen molar-refractivity contribution in [3.8, 4) is 18.1 Å². The van der Waals surface area contributed by atoms with Gasteiger partial charge in [-0.1, -0.05) is 5.92 Å². The monoisotopic (exact) mass is 448 g/mol. The third kappa shape index (κ3) is 5.89. The second-order valence-electron chi connectivity index (χ2n) is 6.90. The predicted octanol–water partition coefficient (Wildman–Crippen LogP) is 2.17. The zero-order valence-electron chi connectivity index (χ0n) is 16.6. The molecule has 32 heavy (non-hydrogen) atoms. The van der Waals surface area contributed by atoms with E-state index in [1.54, 1.807) is 4.90 Å². The first-order valence-electron chi connectivity index (χ1n) is 9.48. The Morgan fingerprint density at radius 3 is 2.59 bits per heavy atom. The van der Waals surface area contributed by atoms with E-state index in [-0.39, 0.29) is 23.4 Å². The third-order valence-electron chi connectivity index (χ3n) is 4.53. The Bertz CT molecular complexity index is 1030. The minimum Gasteiger partial charge on any atom is -0.406 e. The molecule has 2 amide bonds. The van der Waals surface area contributed by atoms with E-state index in [0.717, 1.165) is 12.1 Å². The van der Waals surface area contributed by atoms with Crippen LogP contribution in [-0.4, -0.2) is 54.0 Å². The Morgan fingerprint density at radius 2 is 2.00 bits per heavy atom. The lowest BCUT2D eigenvalue weighted by atomic mass is 10.1. The van der Waals surface area contributed by atoms with E-state index in [1.165, 1.54) is 24.4 Å². The number of rotatable bonds is 6. The molecule has 1 aromatic carbocycles. The highest BCUT2D eigenvalue weighted by atomic mass is 19.4. The second kappa shape index (κ2) is 9.57. The normalized spacial score (nSPS) is 15.7. The average molecular weight is 448 g/mol. The molecule has 1 saturated heterocycles. The van der Waals surface area contributed by atoms with Crippen molar-refractivity contribution in [1.82, 2.24) is 10.3 Å². The lowest BCUT2D eigenvalue weighted by molar-refractivity contribution is -0.274. The standard InChI is InChI=1S/C21H19F3N4O4/c1-2-8-25-20(31)17-10-13(11-26-18(17)28-9-7-15(29)12-28)19(30)27-14-3-5-16(6-4-14)32-21(22,23)24/h1,3-6,10-11,15,29H,7-9,12H2,(H,25,31)(H,27,30)/t15-/m1/s1. The number of hydrogen-bond donors (Lipinski definition) is 3. The number of nitrogens with one attached hydrogen (secondary N) is 2. The summed E-state index contributed by atoms with van der Waals surface area (Å²) in [6.45, 7) is 0.755. The van der Waals surface area contributed by atoms with Crippen LogP contribution in [0.4, 0.5) is 24.7 Å². The van der Waals surface area contributed by atoms with Gasteiger partial charge in [0.25, 0.3) is 11.8 Å². The Morgan fingerprint density at radius 1 is 1.28 bits per heavy atom. The lowest BCUT2D eigenvalue weighted by Crippen LogP contribution is -2.30. The summed E-state index contributed by atoms with van der Waals surface area (Å²) >= 11 is 0. The number of anilines is 2. The van der Waals surface area contributed by atoms with Gasteiger partial charge in [-0.15, -0.1) is 19.6 Å². The van der Waals surface area contributed by atoms with E-state index in [1.807, 2.05) is 0 Å². The van der Waals surface area contributed by atoms with Gasteiger partial charge in [0, 0.05) is 25.0 Å². The fourth-order valence-corrected chi connectivity index (χ4v) is 3.10. The molecule has 11 heteroatoms. The minimum atomic E-state index is -4.82. The first kappa shape index (κ1) is 22.9. The van der Waals surface area contributed by atoms with Crippen LogP contribution in [-0.2, 0) is 0 Å². The number of carbonyl (C=O) groups is 2. The number of aromatic nitrogens is 1. The molecule has 8 nitrogen and oxygen atoms in total. The molecule has 1 aliphatic heterocycles. The summed E-state index contributed by atoms with van der Waals surface area (Å²) in [6.07, 6.45) is 1.60. The van der Waals surface area contributed by atoms with Crippen molar-refractivity contribution in [1.29, 1.82) is 0 Å². The van der Waals surface area contributed by atoms with Gasteiger partial charge in [0.15, 0.2) is 0 Å². The van der Waals surface area contributed by atoms with Gasteiger partial charge < -0.3 is 25.4 Å².